The predicted octanol–water partition coefficient (Wildman–Crippen LogP) is 2.67. The maximum atomic E-state index is 12.5. The Bertz CT molecular complexity index is 590. The van der Waals surface area contributed by atoms with Gasteiger partial charge in [-0.3, -0.25) is 4.79 Å². The van der Waals surface area contributed by atoms with Crippen LogP contribution in [0.3, 0.4) is 0 Å². The molecule has 1 N–H and O–H groups in total. The quantitative estimate of drug-likeness (QED) is 0.927. The number of β-amino-alcohol motifs (C(OH)–C–C–N with tert-alkyl or cyclic N) is 1. The zero-order valence-electron chi connectivity index (χ0n) is 12.4. The van der Waals surface area contributed by atoms with Crippen molar-refractivity contribution < 1.29 is 27.8 Å². The number of halogens is 3. The van der Waals surface area contributed by atoms with Gasteiger partial charge in [0.05, 0.1) is 6.10 Å². The zero-order valence-corrected chi connectivity index (χ0v) is 12.4. The van der Waals surface area contributed by atoms with E-state index in [-0.39, 0.29) is 23.5 Å². The van der Waals surface area contributed by atoms with Crippen LogP contribution < -0.4 is 4.74 Å². The van der Waals surface area contributed by atoms with Crippen LogP contribution in [0.4, 0.5) is 13.2 Å². The Labute approximate surface area is 131 Å². The van der Waals surface area contributed by atoms with Gasteiger partial charge in [0.1, 0.15) is 5.75 Å². The number of para-hydroxylation sites is 1. The Morgan fingerprint density at radius 2 is 2.04 bits per heavy atom. The number of rotatable bonds is 3. The van der Waals surface area contributed by atoms with Crippen LogP contribution in [0.15, 0.2) is 24.3 Å². The van der Waals surface area contributed by atoms with Gasteiger partial charge in [-0.2, -0.15) is 0 Å². The number of alkyl halides is 3. The first kappa shape index (κ1) is 16.1. The van der Waals surface area contributed by atoms with E-state index in [2.05, 4.69) is 4.74 Å². The van der Waals surface area contributed by atoms with Gasteiger partial charge in [-0.1, -0.05) is 18.2 Å². The number of amides is 1. The molecule has 1 saturated heterocycles. The van der Waals surface area contributed by atoms with Crippen molar-refractivity contribution in [2.75, 3.05) is 13.1 Å². The zero-order chi connectivity index (χ0) is 16.6. The molecule has 4 nitrogen and oxygen atoms in total. The lowest BCUT2D eigenvalue weighted by Gasteiger charge is -2.30. The SMILES string of the molecule is O=C(C1CC1c1ccccc1OC(F)(F)F)N1CCCC(O)C1. The third kappa shape index (κ3) is 3.77. The van der Waals surface area contributed by atoms with Crippen LogP contribution in [0.25, 0.3) is 0 Å². The largest absolute Gasteiger partial charge is 0.573 e. The fraction of sp³-hybridized carbons (Fsp3) is 0.562. The molecule has 0 radical (unpaired) electrons. The maximum Gasteiger partial charge on any atom is 0.573 e. The van der Waals surface area contributed by atoms with E-state index in [1.807, 2.05) is 0 Å². The standard InChI is InChI=1S/C16H18F3NO3/c17-16(18,19)23-14-6-2-1-5-11(14)12-8-13(12)15(22)20-7-3-4-10(21)9-20/h1-2,5-6,10,12-13,21H,3-4,7-9H2. The molecule has 0 aromatic heterocycles. The van der Waals surface area contributed by atoms with E-state index in [1.54, 1.807) is 17.0 Å². The molecular formula is C16H18F3NO3. The van der Waals surface area contributed by atoms with Gasteiger partial charge in [-0.05, 0) is 36.8 Å². The molecule has 2 aliphatic rings. The highest BCUT2D eigenvalue weighted by Gasteiger charge is 2.48. The van der Waals surface area contributed by atoms with E-state index in [1.165, 1.54) is 12.1 Å². The fourth-order valence-electron chi connectivity index (χ4n) is 3.21. The molecule has 23 heavy (non-hydrogen) atoms. The molecule has 3 rings (SSSR count). The summed E-state index contributed by atoms with van der Waals surface area (Å²) < 4.78 is 41.5. The molecule has 1 amide bonds. The molecule has 3 unspecified atom stereocenters. The van der Waals surface area contributed by atoms with E-state index < -0.39 is 12.5 Å². The number of aliphatic hydroxyl groups excluding tert-OH is 1. The molecular weight excluding hydrogens is 311 g/mol. The average molecular weight is 329 g/mol. The Kier molecular flexibility index (Phi) is 4.23. The number of carbonyl (C=O) groups excluding carboxylic acids is 1. The van der Waals surface area contributed by atoms with Gasteiger partial charge in [0.15, 0.2) is 0 Å². The molecule has 7 heteroatoms. The summed E-state index contributed by atoms with van der Waals surface area (Å²) in [5, 5.41) is 9.65. The maximum absolute atomic E-state index is 12.5. The average Bonchev–Trinajstić information content (AvgIpc) is 3.25. The Morgan fingerprint density at radius 1 is 1.30 bits per heavy atom. The van der Waals surface area contributed by atoms with Crippen LogP contribution in [-0.4, -0.2) is 41.5 Å². The summed E-state index contributed by atoms with van der Waals surface area (Å²) in [7, 11) is 0. The number of hydrogen-bond donors (Lipinski definition) is 1. The number of hydrogen-bond acceptors (Lipinski definition) is 3. The van der Waals surface area contributed by atoms with Crippen LogP contribution >= 0.6 is 0 Å². The lowest BCUT2D eigenvalue weighted by molar-refractivity contribution is -0.274. The van der Waals surface area contributed by atoms with Crippen LogP contribution in [-0.2, 0) is 4.79 Å². The van der Waals surface area contributed by atoms with E-state index >= 15 is 0 Å². The Morgan fingerprint density at radius 3 is 2.74 bits per heavy atom. The van der Waals surface area contributed by atoms with Gasteiger partial charge < -0.3 is 14.7 Å². The second-order valence-electron chi connectivity index (χ2n) is 6.11. The van der Waals surface area contributed by atoms with Crippen molar-refractivity contribution in [2.45, 2.75) is 37.6 Å². The van der Waals surface area contributed by atoms with Gasteiger partial charge in [0.25, 0.3) is 0 Å². The third-order valence-corrected chi connectivity index (χ3v) is 4.36. The molecule has 1 aromatic rings. The van der Waals surface area contributed by atoms with Crippen LogP contribution in [0.5, 0.6) is 5.75 Å². The number of carbonyl (C=O) groups is 1. The molecule has 1 heterocycles. The van der Waals surface area contributed by atoms with Crippen molar-refractivity contribution in [3.8, 4) is 5.75 Å². The molecule has 1 aromatic carbocycles. The first-order valence-corrected chi connectivity index (χ1v) is 7.66. The first-order chi connectivity index (χ1) is 10.8. The monoisotopic (exact) mass is 329 g/mol. The number of likely N-dealkylation sites (tertiary alicyclic amines) is 1. The normalized spacial score (nSPS) is 27.7. The van der Waals surface area contributed by atoms with Gasteiger partial charge in [-0.15, -0.1) is 13.2 Å². The van der Waals surface area contributed by atoms with Crippen molar-refractivity contribution >= 4 is 5.91 Å². The molecule has 3 atom stereocenters. The number of aliphatic hydroxyl groups is 1. The van der Waals surface area contributed by atoms with E-state index in [4.69, 9.17) is 0 Å². The smallest absolute Gasteiger partial charge is 0.405 e. The lowest BCUT2D eigenvalue weighted by Crippen LogP contribution is -2.43. The van der Waals surface area contributed by atoms with Gasteiger partial charge >= 0.3 is 6.36 Å². The summed E-state index contributed by atoms with van der Waals surface area (Å²) in [6.45, 7) is 0.905. The number of benzene rings is 1. The number of nitrogens with zero attached hydrogens (tertiary/aromatic N) is 1. The third-order valence-electron chi connectivity index (χ3n) is 4.36. The van der Waals surface area contributed by atoms with Gasteiger partial charge in [0, 0.05) is 19.0 Å². The van der Waals surface area contributed by atoms with Crippen LogP contribution in [0.1, 0.15) is 30.7 Å². The summed E-state index contributed by atoms with van der Waals surface area (Å²) in [5.74, 6) is -0.895. The molecule has 1 aliphatic heterocycles. The molecule has 0 bridgehead atoms. The van der Waals surface area contributed by atoms with Crippen LogP contribution in [0.2, 0.25) is 0 Å². The van der Waals surface area contributed by atoms with Crippen LogP contribution in [0, 0.1) is 5.92 Å². The molecule has 0 spiro atoms. The van der Waals surface area contributed by atoms with Crippen molar-refractivity contribution in [3.63, 3.8) is 0 Å². The second kappa shape index (κ2) is 6.03. The van der Waals surface area contributed by atoms with Crippen molar-refractivity contribution in [1.82, 2.24) is 4.90 Å². The van der Waals surface area contributed by atoms with Crippen molar-refractivity contribution in [2.24, 2.45) is 5.92 Å². The fourth-order valence-corrected chi connectivity index (χ4v) is 3.21. The Hall–Kier alpha value is -1.76. The lowest BCUT2D eigenvalue weighted by atomic mass is 10.1. The molecule has 1 aliphatic carbocycles. The highest BCUT2D eigenvalue weighted by Crippen LogP contribution is 2.51. The first-order valence-electron chi connectivity index (χ1n) is 7.66. The summed E-state index contributed by atoms with van der Waals surface area (Å²) >= 11 is 0. The second-order valence-corrected chi connectivity index (χ2v) is 6.11. The molecule has 1 saturated carbocycles. The Balaban J connectivity index is 1.69. The van der Waals surface area contributed by atoms with E-state index in [0.717, 1.165) is 6.42 Å². The summed E-state index contributed by atoms with van der Waals surface area (Å²) in [4.78, 5) is 14.1. The summed E-state index contributed by atoms with van der Waals surface area (Å²) in [6.07, 6.45) is -3.31. The van der Waals surface area contributed by atoms with Gasteiger partial charge in [0.2, 0.25) is 5.91 Å². The minimum Gasteiger partial charge on any atom is -0.405 e. The molecule has 2 fully saturated rings. The summed E-state index contributed by atoms with van der Waals surface area (Å²) in [5.41, 5.74) is 0.417. The van der Waals surface area contributed by atoms with E-state index in [0.29, 0.717) is 31.5 Å². The number of ether oxygens (including phenoxy) is 1. The van der Waals surface area contributed by atoms with Crippen molar-refractivity contribution in [3.05, 3.63) is 29.8 Å². The summed E-state index contributed by atoms with van der Waals surface area (Å²) in [6, 6.07) is 5.96. The highest BCUT2D eigenvalue weighted by molar-refractivity contribution is 5.83. The predicted molar refractivity (Wildman–Crippen MR) is 75.8 cm³/mol. The van der Waals surface area contributed by atoms with E-state index in [9.17, 15) is 23.1 Å². The van der Waals surface area contributed by atoms with Gasteiger partial charge in [-0.25, -0.2) is 0 Å². The topological polar surface area (TPSA) is 49.8 Å². The highest BCUT2D eigenvalue weighted by atomic mass is 19.4. The minimum absolute atomic E-state index is 0.0874. The number of piperidine rings is 1. The van der Waals surface area contributed by atoms with Crippen molar-refractivity contribution in [1.29, 1.82) is 0 Å². The minimum atomic E-state index is -4.75. The molecule has 126 valence electrons.